The quantitative estimate of drug-likeness (QED) is 0.710. The molecule has 0 aromatic carbocycles. The van der Waals surface area contributed by atoms with Crippen molar-refractivity contribution in [2.45, 2.75) is 52.3 Å². The maximum Gasteiger partial charge on any atom is 0.403 e. The summed E-state index contributed by atoms with van der Waals surface area (Å²) in [6, 6.07) is -1.34. The molecule has 0 aliphatic heterocycles. The number of hydrogen-bond acceptors (Lipinski definition) is 1. The minimum absolute atomic E-state index is 0.117. The van der Waals surface area contributed by atoms with Crippen LogP contribution in [0.1, 0.15) is 40.0 Å². The Balaban J connectivity index is 4.11. The third kappa shape index (κ3) is 5.47. The predicted octanol–water partition coefficient (Wildman–Crippen LogP) is 3.35. The van der Waals surface area contributed by atoms with Crippen LogP contribution in [0.4, 0.5) is 13.2 Å². The maximum absolute atomic E-state index is 12.5. The van der Waals surface area contributed by atoms with Gasteiger partial charge in [0.15, 0.2) is 0 Å². The minimum Gasteiger partial charge on any atom is -0.306 e. The Morgan fingerprint density at radius 3 is 2.14 bits per heavy atom. The third-order valence-electron chi connectivity index (χ3n) is 2.37. The second kappa shape index (κ2) is 6.27. The third-order valence-corrected chi connectivity index (χ3v) is 2.37. The molecular formula is C10H20F3N. The van der Waals surface area contributed by atoms with E-state index in [1.54, 1.807) is 0 Å². The molecule has 0 saturated carbocycles. The van der Waals surface area contributed by atoms with E-state index in [4.69, 9.17) is 0 Å². The van der Waals surface area contributed by atoms with Gasteiger partial charge in [-0.05, 0) is 25.3 Å². The summed E-state index contributed by atoms with van der Waals surface area (Å²) in [5.41, 5.74) is 0. The summed E-state index contributed by atoms with van der Waals surface area (Å²) in [6.07, 6.45) is -2.41. The van der Waals surface area contributed by atoms with E-state index < -0.39 is 12.2 Å². The Morgan fingerprint density at radius 1 is 1.21 bits per heavy atom. The van der Waals surface area contributed by atoms with Crippen LogP contribution in [0.3, 0.4) is 0 Å². The molecule has 2 atom stereocenters. The fraction of sp³-hybridized carbons (Fsp3) is 1.00. The number of alkyl halides is 3. The van der Waals surface area contributed by atoms with Crippen molar-refractivity contribution in [2.75, 3.05) is 6.54 Å². The SMILES string of the molecule is CCCNC(CC(C)CC)C(F)(F)F. The Hall–Kier alpha value is -0.250. The summed E-state index contributed by atoms with van der Waals surface area (Å²) >= 11 is 0. The molecule has 0 aromatic rings. The van der Waals surface area contributed by atoms with Crippen molar-refractivity contribution in [3.63, 3.8) is 0 Å². The van der Waals surface area contributed by atoms with Gasteiger partial charge in [-0.2, -0.15) is 13.2 Å². The molecule has 0 rings (SSSR count). The molecule has 0 saturated heterocycles. The van der Waals surface area contributed by atoms with Crippen LogP contribution in [0.5, 0.6) is 0 Å². The first-order chi connectivity index (χ1) is 6.41. The Kier molecular flexibility index (Phi) is 6.16. The van der Waals surface area contributed by atoms with Gasteiger partial charge < -0.3 is 5.32 Å². The second-order valence-corrected chi connectivity index (χ2v) is 3.80. The standard InChI is InChI=1S/C10H20F3N/c1-4-6-14-9(10(11,12)13)7-8(3)5-2/h8-9,14H,4-7H2,1-3H3. The van der Waals surface area contributed by atoms with E-state index in [0.717, 1.165) is 12.8 Å². The Labute approximate surface area is 84.1 Å². The van der Waals surface area contributed by atoms with Crippen LogP contribution in [-0.4, -0.2) is 18.8 Å². The number of hydrogen-bond donors (Lipinski definition) is 1. The van der Waals surface area contributed by atoms with Crippen molar-refractivity contribution in [2.24, 2.45) is 5.92 Å². The number of nitrogens with one attached hydrogen (secondary N) is 1. The maximum atomic E-state index is 12.5. The molecule has 1 N–H and O–H groups in total. The fourth-order valence-corrected chi connectivity index (χ4v) is 1.22. The van der Waals surface area contributed by atoms with Crippen LogP contribution in [0, 0.1) is 5.92 Å². The van der Waals surface area contributed by atoms with Gasteiger partial charge in [0.05, 0.1) is 0 Å². The molecule has 0 radical (unpaired) electrons. The summed E-state index contributed by atoms with van der Waals surface area (Å²) in [5.74, 6) is 0.117. The highest BCUT2D eigenvalue weighted by atomic mass is 19.4. The highest BCUT2D eigenvalue weighted by Crippen LogP contribution is 2.25. The fourth-order valence-electron chi connectivity index (χ4n) is 1.22. The van der Waals surface area contributed by atoms with Crippen molar-refractivity contribution < 1.29 is 13.2 Å². The van der Waals surface area contributed by atoms with Gasteiger partial charge in [0, 0.05) is 0 Å². The van der Waals surface area contributed by atoms with E-state index >= 15 is 0 Å². The molecule has 4 heteroatoms. The molecule has 0 amide bonds. The van der Waals surface area contributed by atoms with Gasteiger partial charge in [-0.3, -0.25) is 0 Å². The Morgan fingerprint density at radius 2 is 1.79 bits per heavy atom. The zero-order valence-corrected chi connectivity index (χ0v) is 9.12. The second-order valence-electron chi connectivity index (χ2n) is 3.80. The largest absolute Gasteiger partial charge is 0.403 e. The lowest BCUT2D eigenvalue weighted by atomic mass is 9.99. The van der Waals surface area contributed by atoms with Crippen molar-refractivity contribution in [1.82, 2.24) is 5.32 Å². The highest BCUT2D eigenvalue weighted by molar-refractivity contribution is 4.76. The molecule has 2 unspecified atom stereocenters. The van der Waals surface area contributed by atoms with Gasteiger partial charge in [0.25, 0.3) is 0 Å². The average molecular weight is 211 g/mol. The van der Waals surface area contributed by atoms with Crippen LogP contribution in [0.15, 0.2) is 0 Å². The molecule has 0 bridgehead atoms. The molecule has 86 valence electrons. The first-order valence-electron chi connectivity index (χ1n) is 5.21. The summed E-state index contributed by atoms with van der Waals surface area (Å²) in [5, 5.41) is 2.55. The van der Waals surface area contributed by atoms with Crippen LogP contribution < -0.4 is 5.32 Å². The first kappa shape index (κ1) is 13.8. The van der Waals surface area contributed by atoms with E-state index in [9.17, 15) is 13.2 Å². The molecular weight excluding hydrogens is 191 g/mol. The van der Waals surface area contributed by atoms with Gasteiger partial charge in [0.1, 0.15) is 6.04 Å². The predicted molar refractivity (Wildman–Crippen MR) is 52.2 cm³/mol. The Bertz CT molecular complexity index is 145. The van der Waals surface area contributed by atoms with Crippen LogP contribution >= 0.6 is 0 Å². The lowest BCUT2D eigenvalue weighted by Crippen LogP contribution is -2.43. The minimum atomic E-state index is -4.11. The van der Waals surface area contributed by atoms with Crippen molar-refractivity contribution in [1.29, 1.82) is 0 Å². The summed E-state index contributed by atoms with van der Waals surface area (Å²) in [6.45, 7) is 6.06. The van der Waals surface area contributed by atoms with Crippen molar-refractivity contribution in [3.8, 4) is 0 Å². The zero-order chi connectivity index (χ0) is 11.2. The lowest BCUT2D eigenvalue weighted by molar-refractivity contribution is -0.159. The van der Waals surface area contributed by atoms with Gasteiger partial charge >= 0.3 is 6.18 Å². The van der Waals surface area contributed by atoms with E-state index in [1.807, 2.05) is 20.8 Å². The molecule has 0 heterocycles. The van der Waals surface area contributed by atoms with Gasteiger partial charge in [-0.15, -0.1) is 0 Å². The normalized spacial score (nSPS) is 16.7. The summed E-state index contributed by atoms with van der Waals surface area (Å²) < 4.78 is 37.4. The summed E-state index contributed by atoms with van der Waals surface area (Å²) in [7, 11) is 0. The van der Waals surface area contributed by atoms with Crippen LogP contribution in [0.2, 0.25) is 0 Å². The van der Waals surface area contributed by atoms with Gasteiger partial charge in [-0.25, -0.2) is 0 Å². The van der Waals surface area contributed by atoms with Crippen molar-refractivity contribution >= 4 is 0 Å². The smallest absolute Gasteiger partial charge is 0.306 e. The molecule has 0 aromatic heterocycles. The van der Waals surface area contributed by atoms with Crippen LogP contribution in [-0.2, 0) is 0 Å². The topological polar surface area (TPSA) is 12.0 Å². The zero-order valence-electron chi connectivity index (χ0n) is 9.12. The molecule has 0 spiro atoms. The molecule has 0 aliphatic carbocycles. The van der Waals surface area contributed by atoms with E-state index in [-0.39, 0.29) is 12.3 Å². The van der Waals surface area contributed by atoms with E-state index in [0.29, 0.717) is 6.54 Å². The molecule has 0 aliphatic rings. The molecule has 14 heavy (non-hydrogen) atoms. The van der Waals surface area contributed by atoms with Gasteiger partial charge in [-0.1, -0.05) is 27.2 Å². The molecule has 0 fully saturated rings. The van der Waals surface area contributed by atoms with Crippen molar-refractivity contribution in [3.05, 3.63) is 0 Å². The van der Waals surface area contributed by atoms with Crippen LogP contribution in [0.25, 0.3) is 0 Å². The molecule has 1 nitrogen and oxygen atoms in total. The number of rotatable bonds is 6. The summed E-state index contributed by atoms with van der Waals surface area (Å²) in [4.78, 5) is 0. The van der Waals surface area contributed by atoms with E-state index in [2.05, 4.69) is 5.32 Å². The van der Waals surface area contributed by atoms with Gasteiger partial charge in [0.2, 0.25) is 0 Å². The highest BCUT2D eigenvalue weighted by Gasteiger charge is 2.39. The number of halogens is 3. The lowest BCUT2D eigenvalue weighted by Gasteiger charge is -2.24. The monoisotopic (exact) mass is 211 g/mol. The first-order valence-corrected chi connectivity index (χ1v) is 5.21. The average Bonchev–Trinajstić information content (AvgIpc) is 2.09. The van der Waals surface area contributed by atoms with E-state index in [1.165, 1.54) is 0 Å².